The second-order valence-corrected chi connectivity index (χ2v) is 6.30. The Morgan fingerprint density at radius 3 is 2.05 bits per heavy atom. The van der Waals surface area contributed by atoms with Crippen LogP contribution in [0.1, 0.15) is 0 Å². The standard InChI is InChI=1S/C10H6F2O5S2/c11-18(14,15)7-2-3-8-6(5-7)1-4-9(13)10(8)19(12,16)17/h1-5,13H. The molecule has 19 heavy (non-hydrogen) atoms. The van der Waals surface area contributed by atoms with E-state index in [9.17, 15) is 29.7 Å². The van der Waals surface area contributed by atoms with Gasteiger partial charge in [-0.05, 0) is 23.6 Å². The van der Waals surface area contributed by atoms with Crippen LogP contribution in [0.25, 0.3) is 10.8 Å². The van der Waals surface area contributed by atoms with Crippen molar-refractivity contribution in [2.45, 2.75) is 9.79 Å². The molecular formula is C10H6F2O5S2. The molecule has 0 spiro atoms. The van der Waals surface area contributed by atoms with Crippen molar-refractivity contribution in [3.8, 4) is 5.75 Å². The van der Waals surface area contributed by atoms with Crippen LogP contribution in [0.3, 0.4) is 0 Å². The third kappa shape index (κ3) is 2.51. The Labute approximate surface area is 107 Å². The SMILES string of the molecule is O=S(=O)(F)c1ccc2c(S(=O)(=O)F)c(O)ccc2c1. The van der Waals surface area contributed by atoms with Crippen LogP contribution in [0.15, 0.2) is 40.1 Å². The van der Waals surface area contributed by atoms with Crippen LogP contribution in [0, 0.1) is 0 Å². The molecule has 2 aromatic rings. The number of hydrogen-bond donors (Lipinski definition) is 1. The molecule has 5 nitrogen and oxygen atoms in total. The maximum atomic E-state index is 13.1. The predicted octanol–water partition coefficient (Wildman–Crippen LogP) is 1.86. The molecule has 0 atom stereocenters. The summed E-state index contributed by atoms with van der Waals surface area (Å²) in [5, 5.41) is 9.09. The van der Waals surface area contributed by atoms with Crippen LogP contribution in [0.2, 0.25) is 0 Å². The van der Waals surface area contributed by atoms with Gasteiger partial charge >= 0.3 is 20.4 Å². The summed E-state index contributed by atoms with van der Waals surface area (Å²) in [7, 11) is -10.2. The second-order valence-electron chi connectivity index (χ2n) is 3.67. The monoisotopic (exact) mass is 308 g/mol. The average molecular weight is 308 g/mol. The third-order valence-corrected chi connectivity index (χ3v) is 4.18. The first-order valence-electron chi connectivity index (χ1n) is 4.76. The Bertz CT molecular complexity index is 872. The summed E-state index contributed by atoms with van der Waals surface area (Å²) >= 11 is 0. The lowest BCUT2D eigenvalue weighted by Crippen LogP contribution is -1.96. The van der Waals surface area contributed by atoms with E-state index in [-0.39, 0.29) is 10.8 Å². The summed E-state index contributed by atoms with van der Waals surface area (Å²) in [5.74, 6) is -0.814. The molecule has 0 fully saturated rings. The fourth-order valence-corrected chi connectivity index (χ4v) is 2.94. The Morgan fingerprint density at radius 1 is 0.895 bits per heavy atom. The number of hydrogen-bond acceptors (Lipinski definition) is 5. The van der Waals surface area contributed by atoms with Gasteiger partial charge in [-0.25, -0.2) is 0 Å². The summed E-state index contributed by atoms with van der Waals surface area (Å²) in [5.41, 5.74) is 0. The molecule has 1 N–H and O–H groups in total. The molecule has 0 aliphatic rings. The molecule has 0 bridgehead atoms. The van der Waals surface area contributed by atoms with Crippen molar-refractivity contribution < 1.29 is 29.7 Å². The van der Waals surface area contributed by atoms with Gasteiger partial charge in [0.1, 0.15) is 10.6 Å². The molecule has 0 amide bonds. The quantitative estimate of drug-likeness (QED) is 0.855. The van der Waals surface area contributed by atoms with Crippen molar-refractivity contribution in [3.63, 3.8) is 0 Å². The molecule has 0 saturated heterocycles. The van der Waals surface area contributed by atoms with Crippen molar-refractivity contribution in [2.75, 3.05) is 0 Å². The average Bonchev–Trinajstić information content (AvgIpc) is 2.25. The van der Waals surface area contributed by atoms with E-state index >= 15 is 0 Å². The molecule has 102 valence electrons. The molecule has 2 rings (SSSR count). The van der Waals surface area contributed by atoms with E-state index in [2.05, 4.69) is 0 Å². The highest BCUT2D eigenvalue weighted by Crippen LogP contribution is 2.33. The summed E-state index contributed by atoms with van der Waals surface area (Å²) < 4.78 is 69.2. The van der Waals surface area contributed by atoms with E-state index in [1.807, 2.05) is 0 Å². The van der Waals surface area contributed by atoms with Crippen LogP contribution in [-0.2, 0) is 20.4 Å². The van der Waals surface area contributed by atoms with Crippen molar-refractivity contribution in [1.82, 2.24) is 0 Å². The molecule has 0 radical (unpaired) electrons. The van der Waals surface area contributed by atoms with Gasteiger partial charge in [-0.3, -0.25) is 0 Å². The molecule has 0 aromatic heterocycles. The van der Waals surface area contributed by atoms with Crippen LogP contribution in [-0.4, -0.2) is 21.9 Å². The van der Waals surface area contributed by atoms with Gasteiger partial charge in [0.2, 0.25) is 0 Å². The minimum absolute atomic E-state index is 0.0345. The van der Waals surface area contributed by atoms with Crippen LogP contribution >= 0.6 is 0 Å². The van der Waals surface area contributed by atoms with Crippen LogP contribution in [0.4, 0.5) is 7.77 Å². The molecule has 9 heteroatoms. The highest BCUT2D eigenvalue weighted by Gasteiger charge is 2.22. The van der Waals surface area contributed by atoms with E-state index in [0.717, 1.165) is 30.3 Å². The maximum absolute atomic E-state index is 13.1. The van der Waals surface area contributed by atoms with Gasteiger partial charge in [-0.15, -0.1) is 7.77 Å². The number of rotatable bonds is 2. The van der Waals surface area contributed by atoms with Gasteiger partial charge in [-0.1, -0.05) is 12.1 Å². The second kappa shape index (κ2) is 4.14. The van der Waals surface area contributed by atoms with E-state index in [1.54, 1.807) is 0 Å². The number of fused-ring (bicyclic) bond motifs is 1. The van der Waals surface area contributed by atoms with Crippen molar-refractivity contribution >= 4 is 31.2 Å². The lowest BCUT2D eigenvalue weighted by molar-refractivity contribution is 0.457. The molecule has 0 heterocycles. The van der Waals surface area contributed by atoms with Crippen molar-refractivity contribution in [2.24, 2.45) is 0 Å². The van der Waals surface area contributed by atoms with Crippen LogP contribution in [0.5, 0.6) is 5.75 Å². The van der Waals surface area contributed by atoms with Gasteiger partial charge < -0.3 is 5.11 Å². The largest absolute Gasteiger partial charge is 0.506 e. The first-order valence-corrected chi connectivity index (χ1v) is 7.52. The lowest BCUT2D eigenvalue weighted by Gasteiger charge is -2.06. The number of halogens is 2. The van der Waals surface area contributed by atoms with Gasteiger partial charge in [0.15, 0.2) is 0 Å². The minimum Gasteiger partial charge on any atom is -0.506 e. The molecule has 0 unspecified atom stereocenters. The van der Waals surface area contributed by atoms with E-state index < -0.39 is 36.0 Å². The fraction of sp³-hybridized carbons (Fsp3) is 0. The molecule has 2 aromatic carbocycles. The molecular weight excluding hydrogens is 302 g/mol. The first kappa shape index (κ1) is 13.7. The maximum Gasteiger partial charge on any atom is 0.336 e. The number of phenolic OH excluding ortho intramolecular Hbond substituents is 1. The lowest BCUT2D eigenvalue weighted by atomic mass is 10.1. The fourth-order valence-electron chi connectivity index (χ4n) is 1.68. The third-order valence-electron chi connectivity index (χ3n) is 2.45. The van der Waals surface area contributed by atoms with Gasteiger partial charge in [0, 0.05) is 5.39 Å². The van der Waals surface area contributed by atoms with Gasteiger partial charge in [0.05, 0.1) is 4.90 Å². The van der Waals surface area contributed by atoms with Crippen LogP contribution < -0.4 is 0 Å². The smallest absolute Gasteiger partial charge is 0.336 e. The van der Waals surface area contributed by atoms with Gasteiger partial charge in [0.25, 0.3) is 0 Å². The zero-order valence-electron chi connectivity index (χ0n) is 9.04. The molecule has 0 aliphatic heterocycles. The Hall–Kier alpha value is -1.74. The Kier molecular flexibility index (Phi) is 2.98. The zero-order valence-corrected chi connectivity index (χ0v) is 10.7. The topological polar surface area (TPSA) is 88.5 Å². The number of aromatic hydroxyl groups is 1. The normalized spacial score (nSPS) is 12.7. The zero-order chi connectivity index (χ0) is 14.4. The molecule has 0 aliphatic carbocycles. The first-order chi connectivity index (χ1) is 8.60. The number of benzene rings is 2. The summed E-state index contributed by atoms with van der Waals surface area (Å²) in [6.07, 6.45) is 0. The van der Waals surface area contributed by atoms with E-state index in [4.69, 9.17) is 0 Å². The minimum atomic E-state index is -5.20. The Balaban J connectivity index is 2.91. The van der Waals surface area contributed by atoms with E-state index in [0.29, 0.717) is 0 Å². The highest BCUT2D eigenvalue weighted by molar-refractivity contribution is 7.87. The predicted molar refractivity (Wildman–Crippen MR) is 62.2 cm³/mol. The summed E-state index contributed by atoms with van der Waals surface area (Å²) in [4.78, 5) is -1.67. The number of phenols is 1. The van der Waals surface area contributed by atoms with Gasteiger partial charge in [-0.2, -0.15) is 16.8 Å². The Morgan fingerprint density at radius 2 is 1.53 bits per heavy atom. The molecule has 0 saturated carbocycles. The van der Waals surface area contributed by atoms with Crippen molar-refractivity contribution in [3.05, 3.63) is 30.3 Å². The summed E-state index contributed by atoms with van der Waals surface area (Å²) in [6, 6.07) is 4.57. The van der Waals surface area contributed by atoms with E-state index in [1.165, 1.54) is 0 Å². The highest BCUT2D eigenvalue weighted by atomic mass is 32.3. The summed E-state index contributed by atoms with van der Waals surface area (Å²) in [6.45, 7) is 0. The van der Waals surface area contributed by atoms with Crippen molar-refractivity contribution in [1.29, 1.82) is 0 Å².